The van der Waals surface area contributed by atoms with Crippen molar-refractivity contribution < 1.29 is 14.3 Å². The highest BCUT2D eigenvalue weighted by atomic mass is 16.5. The van der Waals surface area contributed by atoms with Gasteiger partial charge in [0.2, 0.25) is 5.91 Å². The van der Waals surface area contributed by atoms with Gasteiger partial charge in [0, 0.05) is 24.9 Å². The fourth-order valence-electron chi connectivity index (χ4n) is 3.51. The van der Waals surface area contributed by atoms with E-state index in [1.54, 1.807) is 6.08 Å². The summed E-state index contributed by atoms with van der Waals surface area (Å²) >= 11 is 0. The molecule has 2 rings (SSSR count). The zero-order valence-corrected chi connectivity index (χ0v) is 17.8. The van der Waals surface area contributed by atoms with Gasteiger partial charge in [0.25, 0.3) is 0 Å². The average Bonchev–Trinajstić information content (AvgIpc) is 3.51. The maximum Gasteiger partial charge on any atom is 0.354 e. The average molecular weight is 390 g/mol. The predicted molar refractivity (Wildman–Crippen MR) is 111 cm³/mol. The summed E-state index contributed by atoms with van der Waals surface area (Å²) in [5.74, 6) is 0.184. The molecule has 0 spiro atoms. The molecule has 1 unspecified atom stereocenters. The Morgan fingerprint density at radius 3 is 2.57 bits per heavy atom. The van der Waals surface area contributed by atoms with Crippen LogP contribution in [0.25, 0.3) is 0 Å². The van der Waals surface area contributed by atoms with Crippen LogP contribution in [0.4, 0.5) is 0 Å². The molecule has 156 valence electrons. The number of piperazine rings is 1. The predicted octanol–water partition coefficient (Wildman–Crippen LogP) is 2.79. The minimum absolute atomic E-state index is 0.00751. The molecular weight excluding hydrogens is 354 g/mol. The van der Waals surface area contributed by atoms with Gasteiger partial charge in [-0.25, -0.2) is 4.79 Å². The van der Waals surface area contributed by atoms with Gasteiger partial charge in [-0.15, -0.1) is 0 Å². The molecule has 0 aromatic heterocycles. The summed E-state index contributed by atoms with van der Waals surface area (Å²) < 4.78 is 5.28. The van der Waals surface area contributed by atoms with E-state index in [1.807, 2.05) is 42.8 Å². The highest BCUT2D eigenvalue weighted by Gasteiger charge is 2.43. The molecule has 2 aliphatic rings. The lowest BCUT2D eigenvalue weighted by molar-refractivity contribution is -0.141. The second-order valence-corrected chi connectivity index (χ2v) is 7.54. The molecule has 0 N–H and O–H groups in total. The van der Waals surface area contributed by atoms with Crippen LogP contribution in [0.15, 0.2) is 36.2 Å². The Hall–Kier alpha value is -2.08. The topological polar surface area (TPSA) is 53.1 Å². The van der Waals surface area contributed by atoms with Crippen LogP contribution in [0.2, 0.25) is 0 Å². The number of hydrogen-bond donors (Lipinski definition) is 0. The van der Waals surface area contributed by atoms with E-state index >= 15 is 0 Å². The van der Waals surface area contributed by atoms with Gasteiger partial charge in [-0.05, 0) is 45.7 Å². The standard InChI is InChI=1S/C22H35N3O3/c1-6-10-19(22(27)28-8-3)25-17(4)15-24(16-20(25)18-12-13-18)21(26)11-9-14-23(5)7-2/h9-11,18,20H,4,6-8,12-16H2,1-3,5H3/b11-9+,19-10-. The first-order chi connectivity index (χ1) is 13.4. The second-order valence-electron chi connectivity index (χ2n) is 7.54. The molecule has 0 radical (unpaired) electrons. The lowest BCUT2D eigenvalue weighted by Gasteiger charge is -2.44. The number of allylic oxidation sites excluding steroid dienone is 1. The minimum Gasteiger partial charge on any atom is -0.461 e. The number of esters is 1. The van der Waals surface area contributed by atoms with Crippen molar-refractivity contribution in [1.29, 1.82) is 0 Å². The van der Waals surface area contributed by atoms with Gasteiger partial charge < -0.3 is 19.4 Å². The number of amides is 1. The lowest BCUT2D eigenvalue weighted by atomic mass is 10.0. The zero-order valence-electron chi connectivity index (χ0n) is 17.8. The molecule has 1 atom stereocenters. The molecule has 1 saturated heterocycles. The Bertz CT molecular complexity index is 637. The van der Waals surface area contributed by atoms with E-state index in [9.17, 15) is 9.59 Å². The van der Waals surface area contributed by atoms with E-state index in [0.29, 0.717) is 31.3 Å². The van der Waals surface area contributed by atoms with Crippen molar-refractivity contribution in [1.82, 2.24) is 14.7 Å². The summed E-state index contributed by atoms with van der Waals surface area (Å²) in [6.07, 6.45) is 8.47. The van der Waals surface area contributed by atoms with E-state index in [2.05, 4.69) is 18.4 Å². The van der Waals surface area contributed by atoms with Crippen molar-refractivity contribution in [2.45, 2.75) is 46.1 Å². The van der Waals surface area contributed by atoms with Crippen LogP contribution >= 0.6 is 0 Å². The Morgan fingerprint density at radius 1 is 1.29 bits per heavy atom. The molecule has 6 heteroatoms. The fraction of sp³-hybridized carbons (Fsp3) is 0.636. The van der Waals surface area contributed by atoms with Crippen LogP contribution in [-0.2, 0) is 14.3 Å². The molecule has 0 aromatic carbocycles. The van der Waals surface area contributed by atoms with Gasteiger partial charge in [-0.2, -0.15) is 0 Å². The van der Waals surface area contributed by atoms with Crippen molar-refractivity contribution in [3.63, 3.8) is 0 Å². The smallest absolute Gasteiger partial charge is 0.354 e. The number of hydrogen-bond acceptors (Lipinski definition) is 5. The van der Waals surface area contributed by atoms with Crippen LogP contribution in [0.3, 0.4) is 0 Å². The molecule has 2 fully saturated rings. The quantitative estimate of drug-likeness (QED) is 0.448. The minimum atomic E-state index is -0.307. The highest BCUT2D eigenvalue weighted by molar-refractivity contribution is 5.89. The first-order valence-electron chi connectivity index (χ1n) is 10.4. The van der Waals surface area contributed by atoms with Gasteiger partial charge in [0.1, 0.15) is 5.70 Å². The Kier molecular flexibility index (Phi) is 8.30. The maximum absolute atomic E-state index is 12.7. The van der Waals surface area contributed by atoms with Crippen molar-refractivity contribution in [2.75, 3.05) is 39.8 Å². The molecule has 1 amide bonds. The summed E-state index contributed by atoms with van der Waals surface area (Å²) in [4.78, 5) is 31.3. The molecule has 1 aliphatic carbocycles. The normalized spacial score (nSPS) is 21.0. The van der Waals surface area contributed by atoms with Crippen molar-refractivity contribution in [3.8, 4) is 0 Å². The number of carbonyl (C=O) groups is 2. The largest absolute Gasteiger partial charge is 0.461 e. The van der Waals surface area contributed by atoms with Crippen molar-refractivity contribution >= 4 is 11.9 Å². The third-order valence-corrected chi connectivity index (χ3v) is 5.29. The lowest BCUT2D eigenvalue weighted by Crippen LogP contribution is -2.54. The first kappa shape index (κ1) is 22.2. The number of nitrogens with zero attached hydrogens (tertiary/aromatic N) is 3. The number of carbonyl (C=O) groups excluding carboxylic acids is 2. The monoisotopic (exact) mass is 389 g/mol. The molecule has 0 aromatic rings. The highest BCUT2D eigenvalue weighted by Crippen LogP contribution is 2.40. The number of likely N-dealkylation sites (N-methyl/N-ethyl adjacent to an activating group) is 1. The van der Waals surface area contributed by atoms with E-state index in [4.69, 9.17) is 4.74 Å². The molecule has 0 bridgehead atoms. The second kappa shape index (κ2) is 10.5. The molecular formula is C22H35N3O3. The van der Waals surface area contributed by atoms with Crippen molar-refractivity contribution in [3.05, 3.63) is 36.2 Å². The van der Waals surface area contributed by atoms with Crippen LogP contribution in [0, 0.1) is 5.92 Å². The summed E-state index contributed by atoms with van der Waals surface area (Å²) in [7, 11) is 2.02. The fourth-order valence-corrected chi connectivity index (χ4v) is 3.51. The molecule has 28 heavy (non-hydrogen) atoms. The third kappa shape index (κ3) is 5.71. The van der Waals surface area contributed by atoms with Gasteiger partial charge in [0.05, 0.1) is 19.2 Å². The number of ether oxygens (including phenoxy) is 1. The van der Waals surface area contributed by atoms with Crippen LogP contribution in [0.5, 0.6) is 0 Å². The zero-order chi connectivity index (χ0) is 20.7. The number of rotatable bonds is 9. The van der Waals surface area contributed by atoms with E-state index in [-0.39, 0.29) is 17.9 Å². The molecule has 1 heterocycles. The first-order valence-corrected chi connectivity index (χ1v) is 10.4. The molecule has 1 aliphatic heterocycles. The molecule has 6 nitrogen and oxygen atoms in total. The van der Waals surface area contributed by atoms with Crippen LogP contribution in [0.1, 0.15) is 40.0 Å². The Morgan fingerprint density at radius 2 is 2.00 bits per heavy atom. The van der Waals surface area contributed by atoms with Gasteiger partial charge >= 0.3 is 5.97 Å². The van der Waals surface area contributed by atoms with Gasteiger partial charge in [0.15, 0.2) is 0 Å². The SMILES string of the molecule is C=C1CN(C(=O)/C=C/CN(C)CC)CC(C2CC2)N1/C(=C\CC)C(=O)OCC. The van der Waals surface area contributed by atoms with Gasteiger partial charge in [-0.1, -0.05) is 32.6 Å². The maximum atomic E-state index is 12.7. The molecule has 1 saturated carbocycles. The van der Waals surface area contributed by atoms with Crippen LogP contribution < -0.4 is 0 Å². The Balaban J connectivity index is 2.15. The third-order valence-electron chi connectivity index (χ3n) is 5.29. The van der Waals surface area contributed by atoms with E-state index < -0.39 is 0 Å². The summed E-state index contributed by atoms with van der Waals surface area (Å²) in [5, 5.41) is 0. The van der Waals surface area contributed by atoms with Gasteiger partial charge in [-0.3, -0.25) is 4.79 Å². The summed E-state index contributed by atoms with van der Waals surface area (Å²) in [5.41, 5.74) is 1.35. The van der Waals surface area contributed by atoms with Crippen LogP contribution in [-0.4, -0.2) is 72.5 Å². The summed E-state index contributed by atoms with van der Waals surface area (Å²) in [6.45, 7) is 13.2. The van der Waals surface area contributed by atoms with Crippen molar-refractivity contribution in [2.24, 2.45) is 5.92 Å². The Labute approximate surface area is 169 Å². The van der Waals surface area contributed by atoms with E-state index in [1.165, 1.54) is 0 Å². The summed E-state index contributed by atoms with van der Waals surface area (Å²) in [6, 6.07) is 0.0825. The van der Waals surface area contributed by atoms with E-state index in [0.717, 1.165) is 38.0 Å².